The van der Waals surface area contributed by atoms with Gasteiger partial charge in [0.15, 0.2) is 0 Å². The van der Waals surface area contributed by atoms with Crippen molar-refractivity contribution in [2.75, 3.05) is 0 Å². The second kappa shape index (κ2) is 6.43. The molecule has 0 saturated heterocycles. The summed E-state index contributed by atoms with van der Waals surface area (Å²) in [4.78, 5) is 16.2. The first-order valence-corrected chi connectivity index (χ1v) is 7.25. The SMILES string of the molecule is Cc1noc(C)c1C(=O)NCc1cccc(Cn2cncn2)c1. The third-order valence-corrected chi connectivity index (χ3v) is 3.52. The molecule has 118 valence electrons. The predicted octanol–water partition coefficient (Wildman–Crippen LogP) is 1.86. The molecular weight excluding hydrogens is 294 g/mol. The molecule has 0 unspecified atom stereocenters. The Morgan fingerprint density at radius 2 is 2.13 bits per heavy atom. The second-order valence-electron chi connectivity index (χ2n) is 5.29. The van der Waals surface area contributed by atoms with Gasteiger partial charge in [-0.25, -0.2) is 9.67 Å². The molecule has 0 fully saturated rings. The van der Waals surface area contributed by atoms with Gasteiger partial charge in [0.05, 0.1) is 12.2 Å². The average Bonchev–Trinajstić information content (AvgIpc) is 3.15. The van der Waals surface area contributed by atoms with Crippen molar-refractivity contribution in [1.29, 1.82) is 0 Å². The Morgan fingerprint density at radius 1 is 1.30 bits per heavy atom. The van der Waals surface area contributed by atoms with Crippen LogP contribution in [0, 0.1) is 13.8 Å². The number of aryl methyl sites for hydroxylation is 2. The van der Waals surface area contributed by atoms with Crippen molar-refractivity contribution in [2.24, 2.45) is 0 Å². The lowest BCUT2D eigenvalue weighted by Gasteiger charge is -2.07. The molecule has 0 aliphatic carbocycles. The van der Waals surface area contributed by atoms with E-state index in [1.165, 1.54) is 6.33 Å². The number of benzene rings is 1. The van der Waals surface area contributed by atoms with Gasteiger partial charge in [0.2, 0.25) is 0 Å². The second-order valence-corrected chi connectivity index (χ2v) is 5.29. The van der Waals surface area contributed by atoms with E-state index in [0.29, 0.717) is 30.1 Å². The van der Waals surface area contributed by atoms with Gasteiger partial charge in [0, 0.05) is 6.54 Å². The minimum atomic E-state index is -0.178. The minimum absolute atomic E-state index is 0.178. The molecule has 23 heavy (non-hydrogen) atoms. The summed E-state index contributed by atoms with van der Waals surface area (Å²) in [5.74, 6) is 0.350. The van der Waals surface area contributed by atoms with Gasteiger partial charge in [-0.15, -0.1) is 0 Å². The molecule has 0 atom stereocenters. The summed E-state index contributed by atoms with van der Waals surface area (Å²) < 4.78 is 6.77. The van der Waals surface area contributed by atoms with Gasteiger partial charge in [-0.2, -0.15) is 5.10 Å². The fraction of sp³-hybridized carbons (Fsp3) is 0.250. The Kier molecular flexibility index (Phi) is 4.18. The van der Waals surface area contributed by atoms with E-state index in [1.54, 1.807) is 24.9 Å². The number of carbonyl (C=O) groups is 1. The quantitative estimate of drug-likeness (QED) is 0.777. The maximum atomic E-state index is 12.2. The first-order valence-electron chi connectivity index (χ1n) is 7.25. The van der Waals surface area contributed by atoms with Crippen LogP contribution in [0.4, 0.5) is 0 Å². The van der Waals surface area contributed by atoms with E-state index in [1.807, 2.05) is 24.3 Å². The molecule has 3 aromatic rings. The predicted molar refractivity (Wildman–Crippen MR) is 82.7 cm³/mol. The number of aromatic nitrogens is 4. The van der Waals surface area contributed by atoms with E-state index in [2.05, 4.69) is 20.6 Å². The molecular formula is C16H17N5O2. The molecule has 0 saturated carbocycles. The lowest BCUT2D eigenvalue weighted by atomic mass is 10.1. The largest absolute Gasteiger partial charge is 0.361 e. The fourth-order valence-electron chi connectivity index (χ4n) is 2.42. The number of rotatable bonds is 5. The Bertz CT molecular complexity index is 788. The van der Waals surface area contributed by atoms with Gasteiger partial charge in [-0.1, -0.05) is 29.4 Å². The van der Waals surface area contributed by atoms with E-state index in [0.717, 1.165) is 11.1 Å². The summed E-state index contributed by atoms with van der Waals surface area (Å²) in [6.45, 7) is 4.57. The van der Waals surface area contributed by atoms with Crippen LogP contribution in [0.3, 0.4) is 0 Å². The Morgan fingerprint density at radius 3 is 2.83 bits per heavy atom. The molecule has 2 aromatic heterocycles. The first kappa shape index (κ1) is 15.0. The van der Waals surface area contributed by atoms with E-state index >= 15 is 0 Å². The van der Waals surface area contributed by atoms with Crippen LogP contribution < -0.4 is 5.32 Å². The number of nitrogens with one attached hydrogen (secondary N) is 1. The van der Waals surface area contributed by atoms with Crippen LogP contribution in [-0.2, 0) is 13.1 Å². The summed E-state index contributed by atoms with van der Waals surface area (Å²) in [5.41, 5.74) is 3.21. The molecule has 0 spiro atoms. The molecule has 1 N–H and O–H groups in total. The van der Waals surface area contributed by atoms with Crippen molar-refractivity contribution < 1.29 is 9.32 Å². The van der Waals surface area contributed by atoms with E-state index in [4.69, 9.17) is 4.52 Å². The molecule has 1 amide bonds. The van der Waals surface area contributed by atoms with Gasteiger partial charge >= 0.3 is 0 Å². The van der Waals surface area contributed by atoms with Gasteiger partial charge in [-0.05, 0) is 25.0 Å². The molecule has 0 aliphatic heterocycles. The van der Waals surface area contributed by atoms with Crippen LogP contribution in [0.1, 0.15) is 32.9 Å². The Labute approximate surface area is 133 Å². The summed E-state index contributed by atoms with van der Waals surface area (Å²) in [7, 11) is 0. The van der Waals surface area contributed by atoms with Crippen molar-refractivity contribution in [3.05, 3.63) is 65.1 Å². The van der Waals surface area contributed by atoms with Crippen LogP contribution in [-0.4, -0.2) is 25.8 Å². The highest BCUT2D eigenvalue weighted by molar-refractivity contribution is 5.96. The van der Waals surface area contributed by atoms with Crippen molar-refractivity contribution in [2.45, 2.75) is 26.9 Å². The molecule has 2 heterocycles. The number of carbonyl (C=O) groups excluding carboxylic acids is 1. The molecule has 0 bridgehead atoms. The molecule has 1 aromatic carbocycles. The Hall–Kier alpha value is -2.96. The minimum Gasteiger partial charge on any atom is -0.361 e. The van der Waals surface area contributed by atoms with Crippen molar-refractivity contribution in [3.63, 3.8) is 0 Å². The van der Waals surface area contributed by atoms with Gasteiger partial charge in [-0.3, -0.25) is 4.79 Å². The van der Waals surface area contributed by atoms with Gasteiger partial charge < -0.3 is 9.84 Å². The molecule has 7 nitrogen and oxygen atoms in total. The van der Waals surface area contributed by atoms with Gasteiger partial charge in [0.25, 0.3) is 5.91 Å². The van der Waals surface area contributed by atoms with Crippen LogP contribution in [0.5, 0.6) is 0 Å². The van der Waals surface area contributed by atoms with Crippen molar-refractivity contribution in [1.82, 2.24) is 25.2 Å². The fourth-order valence-corrected chi connectivity index (χ4v) is 2.42. The zero-order valence-electron chi connectivity index (χ0n) is 13.0. The zero-order valence-corrected chi connectivity index (χ0v) is 13.0. The molecule has 0 radical (unpaired) electrons. The number of nitrogens with zero attached hydrogens (tertiary/aromatic N) is 4. The van der Waals surface area contributed by atoms with Crippen molar-refractivity contribution >= 4 is 5.91 Å². The number of hydrogen-bond acceptors (Lipinski definition) is 5. The molecule has 3 rings (SSSR count). The standard InChI is InChI=1S/C16H17N5O2/c1-11-15(12(2)23-20-11)16(22)18-7-13-4-3-5-14(6-13)8-21-10-17-9-19-21/h3-6,9-10H,7-8H2,1-2H3,(H,18,22). The van der Waals surface area contributed by atoms with E-state index in [-0.39, 0.29) is 5.91 Å². The smallest absolute Gasteiger partial charge is 0.257 e. The first-order chi connectivity index (χ1) is 11.1. The molecule has 7 heteroatoms. The van der Waals surface area contributed by atoms with Gasteiger partial charge in [0.1, 0.15) is 24.0 Å². The highest BCUT2D eigenvalue weighted by Gasteiger charge is 2.16. The third kappa shape index (κ3) is 3.45. The maximum Gasteiger partial charge on any atom is 0.257 e. The topological polar surface area (TPSA) is 85.8 Å². The van der Waals surface area contributed by atoms with E-state index < -0.39 is 0 Å². The summed E-state index contributed by atoms with van der Waals surface area (Å²) in [6.07, 6.45) is 3.18. The van der Waals surface area contributed by atoms with Crippen LogP contribution in [0.25, 0.3) is 0 Å². The van der Waals surface area contributed by atoms with Crippen LogP contribution in [0.2, 0.25) is 0 Å². The van der Waals surface area contributed by atoms with Crippen LogP contribution >= 0.6 is 0 Å². The lowest BCUT2D eigenvalue weighted by molar-refractivity contribution is 0.0949. The zero-order chi connectivity index (χ0) is 16.2. The van der Waals surface area contributed by atoms with E-state index in [9.17, 15) is 4.79 Å². The Balaban J connectivity index is 1.65. The maximum absolute atomic E-state index is 12.2. The van der Waals surface area contributed by atoms with Crippen molar-refractivity contribution in [3.8, 4) is 0 Å². The highest BCUT2D eigenvalue weighted by Crippen LogP contribution is 2.12. The normalized spacial score (nSPS) is 10.7. The van der Waals surface area contributed by atoms with Crippen LogP contribution in [0.15, 0.2) is 41.4 Å². The highest BCUT2D eigenvalue weighted by atomic mass is 16.5. The lowest BCUT2D eigenvalue weighted by Crippen LogP contribution is -2.23. The summed E-state index contributed by atoms with van der Waals surface area (Å²) >= 11 is 0. The summed E-state index contributed by atoms with van der Waals surface area (Å²) in [5, 5.41) is 10.8. The third-order valence-electron chi connectivity index (χ3n) is 3.52. The number of amides is 1. The monoisotopic (exact) mass is 311 g/mol. The molecule has 0 aliphatic rings. The summed E-state index contributed by atoms with van der Waals surface area (Å²) in [6, 6.07) is 7.98. The number of hydrogen-bond donors (Lipinski definition) is 1. The average molecular weight is 311 g/mol.